The Bertz CT molecular complexity index is 1400. The fraction of sp³-hybridized carbons (Fsp3) is 0.292. The second-order valence-corrected chi connectivity index (χ2v) is 10.9. The van der Waals surface area contributed by atoms with Crippen molar-refractivity contribution >= 4 is 33.3 Å². The highest BCUT2D eigenvalue weighted by molar-refractivity contribution is 7.92. The van der Waals surface area contributed by atoms with Gasteiger partial charge in [-0.3, -0.25) is 9.52 Å². The van der Waals surface area contributed by atoms with E-state index in [4.69, 9.17) is 9.84 Å². The summed E-state index contributed by atoms with van der Waals surface area (Å²) in [7, 11) is -2.22. The van der Waals surface area contributed by atoms with Gasteiger partial charge in [0.05, 0.1) is 30.4 Å². The lowest BCUT2D eigenvalue weighted by Gasteiger charge is -2.24. The van der Waals surface area contributed by atoms with E-state index < -0.39 is 21.9 Å². The van der Waals surface area contributed by atoms with Crippen LogP contribution in [-0.4, -0.2) is 48.3 Å². The number of carbonyl (C=O) groups excluding carboxylic acids is 1. The summed E-state index contributed by atoms with van der Waals surface area (Å²) in [4.78, 5) is 28.3. The zero-order valence-corrected chi connectivity index (χ0v) is 21.1. The molecule has 1 heterocycles. The lowest BCUT2D eigenvalue weighted by Crippen LogP contribution is -2.18. The molecular weight excluding hydrogens is 472 g/mol. The van der Waals surface area contributed by atoms with Crippen molar-refractivity contribution < 1.29 is 27.9 Å². The Kier molecular flexibility index (Phi) is 6.93. The number of hydrogen-bond donors (Lipinski definition) is 3. The van der Waals surface area contributed by atoms with Gasteiger partial charge in [-0.2, -0.15) is 0 Å². The van der Waals surface area contributed by atoms with Crippen LogP contribution in [-0.2, 0) is 15.4 Å². The summed E-state index contributed by atoms with van der Waals surface area (Å²) in [6.45, 7) is 7.73. The number of nitrogens with zero attached hydrogens (tertiary/aromatic N) is 2. The number of anilines is 2. The van der Waals surface area contributed by atoms with Crippen LogP contribution in [0.1, 0.15) is 52.7 Å². The summed E-state index contributed by atoms with van der Waals surface area (Å²) in [5, 5.41) is 12.0. The molecule has 3 aromatic rings. The molecule has 0 spiro atoms. The number of ether oxygens (including phenoxy) is 1. The number of sulfonamides is 1. The minimum atomic E-state index is -3.61. The molecule has 0 saturated carbocycles. The van der Waals surface area contributed by atoms with E-state index in [0.717, 1.165) is 17.4 Å². The summed E-state index contributed by atoms with van der Waals surface area (Å²) in [6, 6.07) is 8.42. The first-order valence-corrected chi connectivity index (χ1v) is 12.5. The van der Waals surface area contributed by atoms with E-state index in [0.29, 0.717) is 16.9 Å². The van der Waals surface area contributed by atoms with Gasteiger partial charge in [0.2, 0.25) is 10.0 Å². The number of imidazole rings is 1. The number of nitrogens with one attached hydrogen (secondary N) is 2. The van der Waals surface area contributed by atoms with Gasteiger partial charge in [-0.05, 0) is 47.7 Å². The highest BCUT2D eigenvalue weighted by Crippen LogP contribution is 2.39. The molecule has 0 saturated heterocycles. The van der Waals surface area contributed by atoms with Gasteiger partial charge >= 0.3 is 5.97 Å². The van der Waals surface area contributed by atoms with Gasteiger partial charge in [0.25, 0.3) is 5.91 Å². The first kappa shape index (κ1) is 25.8. The van der Waals surface area contributed by atoms with Crippen LogP contribution in [0, 0.1) is 6.92 Å². The number of aromatic nitrogens is 2. The Morgan fingerprint density at radius 3 is 2.31 bits per heavy atom. The van der Waals surface area contributed by atoms with Gasteiger partial charge in [-0.15, -0.1) is 0 Å². The van der Waals surface area contributed by atoms with E-state index in [2.05, 4.69) is 15.0 Å². The Hall–Kier alpha value is -3.86. The van der Waals surface area contributed by atoms with E-state index >= 15 is 0 Å². The Morgan fingerprint density at radius 2 is 1.77 bits per heavy atom. The van der Waals surface area contributed by atoms with Crippen LogP contribution in [0.2, 0.25) is 0 Å². The van der Waals surface area contributed by atoms with Crippen LogP contribution in [0.5, 0.6) is 5.75 Å². The average Bonchev–Trinajstić information content (AvgIpc) is 3.22. The molecule has 3 rings (SSSR count). The summed E-state index contributed by atoms with van der Waals surface area (Å²) < 4.78 is 33.3. The van der Waals surface area contributed by atoms with Crippen LogP contribution in [0.25, 0.3) is 5.69 Å². The number of benzene rings is 2. The van der Waals surface area contributed by atoms with Crippen molar-refractivity contribution in [3.05, 3.63) is 65.2 Å². The monoisotopic (exact) mass is 500 g/mol. The van der Waals surface area contributed by atoms with E-state index in [-0.39, 0.29) is 22.5 Å². The van der Waals surface area contributed by atoms with Crippen LogP contribution in [0.4, 0.5) is 11.4 Å². The fourth-order valence-corrected chi connectivity index (χ4v) is 3.99. The first-order valence-electron chi connectivity index (χ1n) is 10.6. The second-order valence-electron chi connectivity index (χ2n) is 9.16. The molecule has 35 heavy (non-hydrogen) atoms. The summed E-state index contributed by atoms with van der Waals surface area (Å²) in [5.41, 5.74) is 2.53. The normalized spacial score (nSPS) is 11.7. The van der Waals surface area contributed by atoms with E-state index in [1.54, 1.807) is 30.3 Å². The number of rotatable bonds is 7. The van der Waals surface area contributed by atoms with Crippen LogP contribution in [0.3, 0.4) is 0 Å². The van der Waals surface area contributed by atoms with Gasteiger partial charge in [-0.1, -0.05) is 26.8 Å². The van der Waals surface area contributed by atoms with E-state index in [9.17, 15) is 18.0 Å². The maximum atomic E-state index is 13.2. The zero-order valence-electron chi connectivity index (χ0n) is 20.3. The predicted molar refractivity (Wildman–Crippen MR) is 133 cm³/mol. The topological polar surface area (TPSA) is 140 Å². The molecule has 186 valence electrons. The van der Waals surface area contributed by atoms with Gasteiger partial charge in [0.15, 0.2) is 11.4 Å². The maximum absolute atomic E-state index is 13.2. The third kappa shape index (κ3) is 5.99. The van der Waals surface area contributed by atoms with Crippen LogP contribution < -0.4 is 14.8 Å². The minimum Gasteiger partial charge on any atom is -0.492 e. The van der Waals surface area contributed by atoms with Crippen molar-refractivity contribution in [3.8, 4) is 11.4 Å². The molecule has 0 radical (unpaired) electrons. The van der Waals surface area contributed by atoms with Crippen LogP contribution >= 0.6 is 0 Å². The number of amides is 1. The molecule has 2 aromatic carbocycles. The number of aromatic carboxylic acids is 1. The molecule has 0 unspecified atom stereocenters. The molecule has 0 aliphatic rings. The first-order chi connectivity index (χ1) is 16.2. The highest BCUT2D eigenvalue weighted by atomic mass is 32.2. The number of hydrogen-bond acceptors (Lipinski definition) is 6. The van der Waals surface area contributed by atoms with Gasteiger partial charge in [0.1, 0.15) is 6.33 Å². The molecule has 0 aliphatic heterocycles. The van der Waals surface area contributed by atoms with Crippen molar-refractivity contribution in [2.24, 2.45) is 0 Å². The number of carboxylic acid groups (broad SMARTS) is 1. The number of methoxy groups -OCH3 is 1. The minimum absolute atomic E-state index is 0.117. The zero-order chi connectivity index (χ0) is 26.1. The van der Waals surface area contributed by atoms with Crippen LogP contribution in [0.15, 0.2) is 42.9 Å². The maximum Gasteiger partial charge on any atom is 0.356 e. The van der Waals surface area contributed by atoms with Gasteiger partial charge in [0, 0.05) is 11.8 Å². The molecule has 10 nitrogen and oxygen atoms in total. The van der Waals surface area contributed by atoms with Gasteiger partial charge < -0.3 is 19.7 Å². The Morgan fingerprint density at radius 1 is 1.11 bits per heavy atom. The number of aryl methyl sites for hydroxylation is 1. The fourth-order valence-electron chi connectivity index (χ4n) is 3.44. The third-order valence-corrected chi connectivity index (χ3v) is 5.84. The van der Waals surface area contributed by atoms with E-state index in [1.165, 1.54) is 24.2 Å². The lowest BCUT2D eigenvalue weighted by atomic mass is 9.86. The van der Waals surface area contributed by atoms with Crippen molar-refractivity contribution in [2.45, 2.75) is 33.1 Å². The van der Waals surface area contributed by atoms with Crippen molar-refractivity contribution in [1.29, 1.82) is 0 Å². The van der Waals surface area contributed by atoms with Crippen molar-refractivity contribution in [3.63, 3.8) is 0 Å². The number of carbonyl (C=O) groups is 2. The molecular formula is C24H28N4O6S. The largest absolute Gasteiger partial charge is 0.492 e. The molecule has 1 aromatic heterocycles. The molecule has 0 aliphatic carbocycles. The van der Waals surface area contributed by atoms with Crippen molar-refractivity contribution in [2.75, 3.05) is 23.4 Å². The molecule has 0 fully saturated rings. The predicted octanol–water partition coefficient (Wildman–Crippen LogP) is 3.81. The van der Waals surface area contributed by atoms with Crippen molar-refractivity contribution in [1.82, 2.24) is 9.55 Å². The Labute approximate surface area is 204 Å². The molecule has 3 N–H and O–H groups in total. The highest BCUT2D eigenvalue weighted by Gasteiger charge is 2.23. The molecule has 1 amide bonds. The summed E-state index contributed by atoms with van der Waals surface area (Å²) >= 11 is 0. The molecule has 0 atom stereocenters. The smallest absolute Gasteiger partial charge is 0.356 e. The quantitative estimate of drug-likeness (QED) is 0.448. The third-order valence-electron chi connectivity index (χ3n) is 5.25. The standard InChI is InChI=1S/C24H28N4O6S/c1-14-7-8-15(9-20(14)28-12-19(23(30)31)25-13-28)22(29)26-17-10-16(24(2,3)4)11-18(21(17)34-5)27-35(6,32)33/h7-13,27H,1-6H3,(H,26,29)(H,30,31). The van der Waals surface area contributed by atoms with Gasteiger partial charge in [-0.25, -0.2) is 18.2 Å². The number of carboxylic acids is 1. The molecule has 0 bridgehead atoms. The Balaban J connectivity index is 2.04. The molecule has 11 heteroatoms. The second kappa shape index (κ2) is 9.41. The average molecular weight is 501 g/mol. The summed E-state index contributed by atoms with van der Waals surface area (Å²) in [6.07, 6.45) is 3.77. The lowest BCUT2D eigenvalue weighted by molar-refractivity contribution is 0.0690. The van der Waals surface area contributed by atoms with E-state index in [1.807, 2.05) is 27.7 Å². The summed E-state index contributed by atoms with van der Waals surface area (Å²) in [5.74, 6) is -1.44. The SMILES string of the molecule is COc1c(NC(=O)c2ccc(C)c(-n3cnc(C(=O)O)c3)c2)cc(C(C)(C)C)cc1NS(C)(=O)=O.